The van der Waals surface area contributed by atoms with Gasteiger partial charge < -0.3 is 10.6 Å². The van der Waals surface area contributed by atoms with Gasteiger partial charge in [0.05, 0.1) is 12.1 Å². The molecule has 0 aromatic carbocycles. The molecule has 3 rings (SSSR count). The normalized spacial score (nSPS) is 13.7. The molecule has 0 atom stereocenters. The van der Waals surface area contributed by atoms with Gasteiger partial charge in [-0.3, -0.25) is 9.59 Å². The highest BCUT2D eigenvalue weighted by molar-refractivity contribution is 7.13. The molecule has 2 N–H and O–H groups in total. The number of hydrogen-bond acceptors (Lipinski definition) is 5. The minimum Gasteiger partial charge on any atom is -0.310 e. The number of nitrogens with zero attached hydrogens (tertiary/aromatic N) is 2. The summed E-state index contributed by atoms with van der Waals surface area (Å²) in [5.74, 6) is 0.550. The van der Waals surface area contributed by atoms with E-state index in [9.17, 15) is 9.59 Å². The first-order chi connectivity index (χ1) is 10.6. The predicted molar refractivity (Wildman–Crippen MR) is 84.8 cm³/mol. The molecule has 1 aliphatic rings. The Morgan fingerprint density at radius 3 is 2.91 bits per heavy atom. The highest BCUT2D eigenvalue weighted by atomic mass is 32.1. The molecule has 0 radical (unpaired) electrons. The zero-order valence-electron chi connectivity index (χ0n) is 12.1. The lowest BCUT2D eigenvalue weighted by Crippen LogP contribution is -2.16. The van der Waals surface area contributed by atoms with Gasteiger partial charge in [0.25, 0.3) is 0 Å². The van der Waals surface area contributed by atoms with Crippen LogP contribution in [-0.2, 0) is 16.0 Å². The molecule has 2 heterocycles. The molecule has 2 aromatic rings. The molecule has 0 saturated heterocycles. The highest BCUT2D eigenvalue weighted by Crippen LogP contribution is 2.30. The molecule has 7 heteroatoms. The molecule has 1 aliphatic carbocycles. The van der Waals surface area contributed by atoms with E-state index in [-0.39, 0.29) is 24.2 Å². The summed E-state index contributed by atoms with van der Waals surface area (Å²) in [4.78, 5) is 32.1. The maximum atomic E-state index is 12.0. The standard InChI is InChI=1S/C15H16N4O2S/c1-9-3-2-6-16-13(9)18-12(20)7-11-8-22-15(17-11)19-14(21)10-4-5-10/h2-3,6,8,10H,4-5,7H2,1H3,(H,16,18,20)(H,17,19,21). The predicted octanol–water partition coefficient (Wildman–Crippen LogP) is 2.38. The van der Waals surface area contributed by atoms with Crippen LogP contribution < -0.4 is 10.6 Å². The summed E-state index contributed by atoms with van der Waals surface area (Å²) in [6, 6.07) is 3.71. The van der Waals surface area contributed by atoms with Crippen molar-refractivity contribution in [2.75, 3.05) is 10.6 Å². The lowest BCUT2D eigenvalue weighted by molar-refractivity contribution is -0.117. The van der Waals surface area contributed by atoms with E-state index >= 15 is 0 Å². The first kappa shape index (κ1) is 14.6. The summed E-state index contributed by atoms with van der Waals surface area (Å²) in [5.41, 5.74) is 1.55. The van der Waals surface area contributed by atoms with Gasteiger partial charge >= 0.3 is 0 Å². The first-order valence-corrected chi connectivity index (χ1v) is 7.96. The molecule has 0 unspecified atom stereocenters. The second-order valence-corrected chi connectivity index (χ2v) is 6.16. The molecular formula is C15H16N4O2S. The van der Waals surface area contributed by atoms with Gasteiger partial charge in [-0.15, -0.1) is 11.3 Å². The molecule has 0 bridgehead atoms. The lowest BCUT2D eigenvalue weighted by atomic mass is 10.2. The number of carbonyl (C=O) groups is 2. The number of hydrogen-bond donors (Lipinski definition) is 2. The highest BCUT2D eigenvalue weighted by Gasteiger charge is 2.30. The van der Waals surface area contributed by atoms with Crippen LogP contribution in [0.3, 0.4) is 0 Å². The van der Waals surface area contributed by atoms with Crippen LogP contribution in [0.4, 0.5) is 10.9 Å². The SMILES string of the molecule is Cc1cccnc1NC(=O)Cc1csc(NC(=O)C2CC2)n1. The number of anilines is 2. The summed E-state index contributed by atoms with van der Waals surface area (Å²) in [7, 11) is 0. The van der Waals surface area contributed by atoms with Gasteiger partial charge in [-0.1, -0.05) is 6.07 Å². The Labute approximate surface area is 132 Å². The van der Waals surface area contributed by atoms with Gasteiger partial charge in [-0.25, -0.2) is 9.97 Å². The number of carbonyl (C=O) groups excluding carboxylic acids is 2. The summed E-state index contributed by atoms with van der Waals surface area (Å²) in [6.07, 6.45) is 3.70. The molecule has 22 heavy (non-hydrogen) atoms. The Morgan fingerprint density at radius 1 is 1.36 bits per heavy atom. The summed E-state index contributed by atoms with van der Waals surface area (Å²) >= 11 is 1.34. The van der Waals surface area contributed by atoms with Crippen LogP contribution in [0, 0.1) is 12.8 Å². The quantitative estimate of drug-likeness (QED) is 0.887. The second kappa shape index (κ2) is 6.23. The van der Waals surface area contributed by atoms with Crippen LogP contribution in [0.25, 0.3) is 0 Å². The maximum absolute atomic E-state index is 12.0. The van der Waals surface area contributed by atoms with E-state index in [4.69, 9.17) is 0 Å². The van der Waals surface area contributed by atoms with E-state index in [1.807, 2.05) is 19.1 Å². The Hall–Kier alpha value is -2.28. The molecule has 114 valence electrons. The molecule has 2 amide bonds. The van der Waals surface area contributed by atoms with Crippen molar-refractivity contribution in [3.8, 4) is 0 Å². The Kier molecular flexibility index (Phi) is 4.15. The van der Waals surface area contributed by atoms with Crippen LogP contribution in [0.5, 0.6) is 0 Å². The zero-order chi connectivity index (χ0) is 15.5. The van der Waals surface area contributed by atoms with Gasteiger partial charge in [-0.2, -0.15) is 0 Å². The number of pyridine rings is 1. The Morgan fingerprint density at radius 2 is 2.18 bits per heavy atom. The monoisotopic (exact) mass is 316 g/mol. The van der Waals surface area contributed by atoms with E-state index in [0.29, 0.717) is 16.6 Å². The van der Waals surface area contributed by atoms with E-state index in [2.05, 4.69) is 20.6 Å². The minimum atomic E-state index is -0.174. The van der Waals surface area contributed by atoms with Crippen molar-refractivity contribution < 1.29 is 9.59 Å². The van der Waals surface area contributed by atoms with Crippen molar-refractivity contribution in [3.05, 3.63) is 35.0 Å². The van der Waals surface area contributed by atoms with Crippen LogP contribution in [-0.4, -0.2) is 21.8 Å². The van der Waals surface area contributed by atoms with E-state index in [0.717, 1.165) is 18.4 Å². The van der Waals surface area contributed by atoms with Crippen molar-refractivity contribution in [3.63, 3.8) is 0 Å². The van der Waals surface area contributed by atoms with Crippen LogP contribution in [0.15, 0.2) is 23.7 Å². The smallest absolute Gasteiger partial charge is 0.231 e. The summed E-state index contributed by atoms with van der Waals surface area (Å²) in [5, 5.41) is 7.88. The van der Waals surface area contributed by atoms with Crippen molar-refractivity contribution in [1.29, 1.82) is 0 Å². The van der Waals surface area contributed by atoms with E-state index in [1.165, 1.54) is 11.3 Å². The topological polar surface area (TPSA) is 84.0 Å². The van der Waals surface area contributed by atoms with Crippen LogP contribution in [0.1, 0.15) is 24.1 Å². The number of amides is 2. The third kappa shape index (κ3) is 3.67. The third-order valence-electron chi connectivity index (χ3n) is 3.34. The molecule has 0 aliphatic heterocycles. The number of aromatic nitrogens is 2. The Bertz CT molecular complexity index is 709. The second-order valence-electron chi connectivity index (χ2n) is 5.30. The number of rotatable bonds is 5. The molecule has 2 aromatic heterocycles. The maximum Gasteiger partial charge on any atom is 0.231 e. The molecule has 6 nitrogen and oxygen atoms in total. The Balaban J connectivity index is 1.56. The molecule has 1 saturated carbocycles. The van der Waals surface area contributed by atoms with Gasteiger partial charge in [0.1, 0.15) is 5.82 Å². The summed E-state index contributed by atoms with van der Waals surface area (Å²) < 4.78 is 0. The average molecular weight is 316 g/mol. The molecule has 0 spiro atoms. The van der Waals surface area contributed by atoms with Gasteiger partial charge in [0, 0.05) is 17.5 Å². The van der Waals surface area contributed by atoms with Gasteiger partial charge in [0.15, 0.2) is 5.13 Å². The van der Waals surface area contributed by atoms with Gasteiger partial charge in [-0.05, 0) is 31.4 Å². The number of aryl methyl sites for hydroxylation is 1. The van der Waals surface area contributed by atoms with Gasteiger partial charge in [0.2, 0.25) is 11.8 Å². The fourth-order valence-corrected chi connectivity index (χ4v) is 2.67. The first-order valence-electron chi connectivity index (χ1n) is 7.08. The molecular weight excluding hydrogens is 300 g/mol. The van der Waals surface area contributed by atoms with Crippen molar-refractivity contribution in [1.82, 2.24) is 9.97 Å². The van der Waals surface area contributed by atoms with Crippen molar-refractivity contribution in [2.45, 2.75) is 26.2 Å². The average Bonchev–Trinajstić information content (AvgIpc) is 3.25. The third-order valence-corrected chi connectivity index (χ3v) is 4.15. The van der Waals surface area contributed by atoms with Crippen LogP contribution >= 0.6 is 11.3 Å². The van der Waals surface area contributed by atoms with Crippen molar-refractivity contribution >= 4 is 34.1 Å². The van der Waals surface area contributed by atoms with E-state index < -0.39 is 0 Å². The zero-order valence-corrected chi connectivity index (χ0v) is 12.9. The number of thiazole rings is 1. The van der Waals surface area contributed by atoms with Crippen LogP contribution in [0.2, 0.25) is 0 Å². The van der Waals surface area contributed by atoms with Crippen molar-refractivity contribution in [2.24, 2.45) is 5.92 Å². The fourth-order valence-electron chi connectivity index (χ4n) is 1.96. The summed E-state index contributed by atoms with van der Waals surface area (Å²) in [6.45, 7) is 1.89. The molecule has 1 fully saturated rings. The fraction of sp³-hybridized carbons (Fsp3) is 0.333. The lowest BCUT2D eigenvalue weighted by Gasteiger charge is -2.05. The van der Waals surface area contributed by atoms with E-state index in [1.54, 1.807) is 11.6 Å². The largest absolute Gasteiger partial charge is 0.310 e. The number of nitrogens with one attached hydrogen (secondary N) is 2. The minimum absolute atomic E-state index is 0.0226.